The molecular formula is C18H26Cl2O3. The number of aliphatic hydroxyl groups is 1. The third-order valence-electron chi connectivity index (χ3n) is 3.93. The molecule has 0 aliphatic rings. The van der Waals surface area contributed by atoms with Gasteiger partial charge in [0.1, 0.15) is 5.38 Å². The highest BCUT2D eigenvalue weighted by atomic mass is 35.5. The Bertz CT molecular complexity index is 448. The van der Waals surface area contributed by atoms with Gasteiger partial charge < -0.3 is 10.2 Å². The summed E-state index contributed by atoms with van der Waals surface area (Å²) in [6, 6.07) is 7.89. The smallest absolute Gasteiger partial charge is 0.321 e. The van der Waals surface area contributed by atoms with E-state index in [1.165, 1.54) is 5.56 Å². The van der Waals surface area contributed by atoms with Crippen LogP contribution in [0.5, 0.6) is 0 Å². The van der Waals surface area contributed by atoms with Crippen LogP contribution < -0.4 is 0 Å². The van der Waals surface area contributed by atoms with Gasteiger partial charge in [-0.3, -0.25) is 4.79 Å². The Hall–Kier alpha value is -0.770. The van der Waals surface area contributed by atoms with Crippen LogP contribution in [0, 0.1) is 0 Å². The van der Waals surface area contributed by atoms with E-state index in [0.717, 1.165) is 56.4 Å². The molecule has 3 nitrogen and oxygen atoms in total. The van der Waals surface area contributed by atoms with Crippen LogP contribution in [-0.4, -0.2) is 27.7 Å². The zero-order valence-electron chi connectivity index (χ0n) is 13.4. The molecule has 0 saturated carbocycles. The fourth-order valence-electron chi connectivity index (χ4n) is 2.51. The van der Waals surface area contributed by atoms with E-state index in [4.69, 9.17) is 28.3 Å². The second kappa shape index (κ2) is 11.7. The minimum Gasteiger partial charge on any atom is -0.480 e. The topological polar surface area (TPSA) is 57.5 Å². The number of carboxylic acids is 1. The van der Waals surface area contributed by atoms with E-state index in [0.29, 0.717) is 6.42 Å². The zero-order valence-corrected chi connectivity index (χ0v) is 14.9. The van der Waals surface area contributed by atoms with E-state index in [1.807, 2.05) is 24.3 Å². The molecule has 2 atom stereocenters. The highest BCUT2D eigenvalue weighted by Gasteiger charge is 2.12. The summed E-state index contributed by atoms with van der Waals surface area (Å²) in [6.45, 7) is 0. The first-order valence-corrected chi connectivity index (χ1v) is 9.10. The second-order valence-corrected chi connectivity index (χ2v) is 6.93. The number of aliphatic hydroxyl groups excluding tert-OH is 1. The molecule has 5 heteroatoms. The van der Waals surface area contributed by atoms with Gasteiger partial charge in [-0.15, -0.1) is 11.6 Å². The molecule has 0 aliphatic carbocycles. The number of carboxylic acid groups (broad SMARTS) is 1. The highest BCUT2D eigenvalue weighted by Crippen LogP contribution is 2.15. The molecule has 1 rings (SSSR count). The molecular weight excluding hydrogens is 335 g/mol. The van der Waals surface area contributed by atoms with Gasteiger partial charge in [-0.25, -0.2) is 0 Å². The van der Waals surface area contributed by atoms with E-state index >= 15 is 0 Å². The molecule has 0 bridgehead atoms. The molecule has 0 radical (unpaired) electrons. The van der Waals surface area contributed by atoms with Crippen LogP contribution >= 0.6 is 23.2 Å². The molecule has 0 spiro atoms. The van der Waals surface area contributed by atoms with E-state index < -0.39 is 11.3 Å². The largest absolute Gasteiger partial charge is 0.480 e. The quantitative estimate of drug-likeness (QED) is 0.404. The number of hydrogen-bond acceptors (Lipinski definition) is 2. The van der Waals surface area contributed by atoms with Crippen molar-refractivity contribution in [3.63, 3.8) is 0 Å². The summed E-state index contributed by atoms with van der Waals surface area (Å²) in [5.74, 6) is -0.951. The van der Waals surface area contributed by atoms with Gasteiger partial charge in [0.25, 0.3) is 0 Å². The van der Waals surface area contributed by atoms with Crippen molar-refractivity contribution in [2.75, 3.05) is 0 Å². The Labute approximate surface area is 148 Å². The van der Waals surface area contributed by atoms with Crippen molar-refractivity contribution in [3.05, 3.63) is 34.9 Å². The summed E-state index contributed by atoms with van der Waals surface area (Å²) in [5, 5.41) is 18.6. The second-order valence-electron chi connectivity index (χ2n) is 5.97. The van der Waals surface area contributed by atoms with Gasteiger partial charge in [-0.1, -0.05) is 49.4 Å². The Morgan fingerprint density at radius 1 is 0.957 bits per heavy atom. The fourth-order valence-corrected chi connectivity index (χ4v) is 2.79. The maximum Gasteiger partial charge on any atom is 0.321 e. The minimum atomic E-state index is -0.951. The van der Waals surface area contributed by atoms with Gasteiger partial charge in [0.15, 0.2) is 0 Å². The Balaban J connectivity index is 1.98. The van der Waals surface area contributed by atoms with Gasteiger partial charge in [0, 0.05) is 5.02 Å². The van der Waals surface area contributed by atoms with Gasteiger partial charge in [0.05, 0.1) is 6.10 Å². The number of aryl methyl sites for hydroxylation is 1. The average Bonchev–Trinajstić information content (AvgIpc) is 2.52. The van der Waals surface area contributed by atoms with E-state index in [9.17, 15) is 9.90 Å². The lowest BCUT2D eigenvalue weighted by Crippen LogP contribution is -2.12. The normalized spacial score (nSPS) is 13.7. The van der Waals surface area contributed by atoms with Gasteiger partial charge in [-0.2, -0.15) is 0 Å². The van der Waals surface area contributed by atoms with Crippen molar-refractivity contribution in [1.29, 1.82) is 0 Å². The molecule has 0 heterocycles. The standard InChI is InChI=1S/C18H26Cl2O3/c19-15-12-10-14(11-13-15)6-4-5-8-16(21)7-2-1-3-9-17(20)18(22)23/h10-13,16-17,21H,1-9H2,(H,22,23). The maximum absolute atomic E-state index is 10.6. The fraction of sp³-hybridized carbons (Fsp3) is 0.611. The molecule has 1 aromatic carbocycles. The van der Waals surface area contributed by atoms with Crippen molar-refractivity contribution in [3.8, 4) is 0 Å². The number of benzene rings is 1. The molecule has 0 aromatic heterocycles. The van der Waals surface area contributed by atoms with Crippen LogP contribution in [0.4, 0.5) is 0 Å². The van der Waals surface area contributed by atoms with Crippen molar-refractivity contribution in [2.24, 2.45) is 0 Å². The van der Waals surface area contributed by atoms with Crippen LogP contribution in [0.1, 0.15) is 56.9 Å². The summed E-state index contributed by atoms with van der Waals surface area (Å²) in [6.07, 6.45) is 7.54. The lowest BCUT2D eigenvalue weighted by molar-refractivity contribution is -0.136. The lowest BCUT2D eigenvalue weighted by atomic mass is 10.0. The molecule has 0 fully saturated rings. The molecule has 0 saturated heterocycles. The first-order valence-electron chi connectivity index (χ1n) is 8.28. The summed E-state index contributed by atoms with van der Waals surface area (Å²) >= 11 is 11.5. The number of rotatable bonds is 12. The van der Waals surface area contributed by atoms with E-state index in [2.05, 4.69) is 0 Å². The first-order chi connectivity index (χ1) is 11.0. The van der Waals surface area contributed by atoms with Crippen molar-refractivity contribution < 1.29 is 15.0 Å². The number of alkyl halides is 1. The number of hydrogen-bond donors (Lipinski definition) is 2. The third-order valence-corrected chi connectivity index (χ3v) is 4.59. The van der Waals surface area contributed by atoms with Crippen molar-refractivity contribution >= 4 is 29.2 Å². The van der Waals surface area contributed by atoms with Gasteiger partial charge in [0.2, 0.25) is 0 Å². The number of halogens is 2. The molecule has 23 heavy (non-hydrogen) atoms. The maximum atomic E-state index is 10.6. The lowest BCUT2D eigenvalue weighted by Gasteiger charge is -2.10. The molecule has 1 aromatic rings. The molecule has 130 valence electrons. The molecule has 0 amide bonds. The Kier molecular flexibility index (Phi) is 10.3. The summed E-state index contributed by atoms with van der Waals surface area (Å²) in [7, 11) is 0. The Morgan fingerprint density at radius 2 is 1.52 bits per heavy atom. The van der Waals surface area contributed by atoms with Crippen LogP contribution in [0.3, 0.4) is 0 Å². The molecule has 0 aliphatic heterocycles. The van der Waals surface area contributed by atoms with Crippen molar-refractivity contribution in [2.45, 2.75) is 69.3 Å². The van der Waals surface area contributed by atoms with Crippen LogP contribution in [0.15, 0.2) is 24.3 Å². The number of carbonyl (C=O) groups is 1. The number of unbranched alkanes of at least 4 members (excludes halogenated alkanes) is 3. The summed E-state index contributed by atoms with van der Waals surface area (Å²) in [5.41, 5.74) is 1.28. The van der Waals surface area contributed by atoms with Crippen LogP contribution in [0.2, 0.25) is 5.02 Å². The first kappa shape index (κ1) is 20.3. The van der Waals surface area contributed by atoms with Crippen LogP contribution in [0.25, 0.3) is 0 Å². The SMILES string of the molecule is O=C(O)C(Cl)CCCCCC(O)CCCCc1ccc(Cl)cc1. The summed E-state index contributed by atoms with van der Waals surface area (Å²) < 4.78 is 0. The molecule has 2 N–H and O–H groups in total. The predicted molar refractivity (Wildman–Crippen MR) is 95.4 cm³/mol. The average molecular weight is 361 g/mol. The summed E-state index contributed by atoms with van der Waals surface area (Å²) in [4.78, 5) is 10.6. The Morgan fingerprint density at radius 3 is 2.13 bits per heavy atom. The van der Waals surface area contributed by atoms with E-state index in [-0.39, 0.29) is 6.10 Å². The number of aliphatic carboxylic acids is 1. The minimum absolute atomic E-state index is 0.258. The van der Waals surface area contributed by atoms with Crippen molar-refractivity contribution in [1.82, 2.24) is 0 Å². The monoisotopic (exact) mass is 360 g/mol. The van der Waals surface area contributed by atoms with E-state index in [1.54, 1.807) is 0 Å². The zero-order chi connectivity index (χ0) is 17.1. The van der Waals surface area contributed by atoms with Crippen LogP contribution in [-0.2, 0) is 11.2 Å². The van der Waals surface area contributed by atoms with Gasteiger partial charge in [-0.05, 0) is 49.8 Å². The highest BCUT2D eigenvalue weighted by molar-refractivity contribution is 6.30. The molecule has 2 unspecified atom stereocenters. The predicted octanol–water partition coefficient (Wildman–Crippen LogP) is 5.06. The third kappa shape index (κ3) is 9.85. The van der Waals surface area contributed by atoms with Gasteiger partial charge >= 0.3 is 5.97 Å².